The minimum atomic E-state index is 0.115. The smallest absolute Gasteiger partial charge is 0.246 e. The number of carbonyl (C=O) groups excluding carboxylic acids is 1. The van der Waals surface area contributed by atoms with Gasteiger partial charge in [0.05, 0.1) is 0 Å². The second kappa shape index (κ2) is 5.35. The maximum Gasteiger partial charge on any atom is 0.246 e. The molecule has 1 aromatic carbocycles. The minimum absolute atomic E-state index is 0.115. The summed E-state index contributed by atoms with van der Waals surface area (Å²) in [6.07, 6.45) is 3.52. The highest BCUT2D eigenvalue weighted by atomic mass is 35.5. The monoisotopic (exact) mass is 276 g/mol. The van der Waals surface area contributed by atoms with Crippen LogP contribution in [0.5, 0.6) is 0 Å². The summed E-state index contributed by atoms with van der Waals surface area (Å²) >= 11 is 5.83. The molecule has 100 valence electrons. The SMILES string of the molecule is O=C(/C=C/c1ccc(Cl)cc1)N1C[C@H]2CNC[C@H]2C1. The first-order valence-corrected chi connectivity index (χ1v) is 7.03. The van der Waals surface area contributed by atoms with Crippen LogP contribution in [-0.4, -0.2) is 37.0 Å². The number of hydrogen-bond donors (Lipinski definition) is 1. The molecule has 1 N–H and O–H groups in total. The van der Waals surface area contributed by atoms with Crippen LogP contribution in [0.2, 0.25) is 5.02 Å². The lowest BCUT2D eigenvalue weighted by Crippen LogP contribution is -2.30. The Morgan fingerprint density at radius 1 is 1.21 bits per heavy atom. The summed E-state index contributed by atoms with van der Waals surface area (Å²) in [5.74, 6) is 1.41. The Morgan fingerprint density at radius 2 is 1.84 bits per heavy atom. The second-order valence-corrected chi connectivity index (χ2v) is 5.74. The molecule has 0 aromatic heterocycles. The van der Waals surface area contributed by atoms with Crippen LogP contribution in [0.1, 0.15) is 5.56 Å². The molecule has 2 atom stereocenters. The summed E-state index contributed by atoms with van der Waals surface area (Å²) in [7, 11) is 0. The third-order valence-corrected chi connectivity index (χ3v) is 4.24. The van der Waals surface area contributed by atoms with Gasteiger partial charge in [-0.3, -0.25) is 4.79 Å². The van der Waals surface area contributed by atoms with Gasteiger partial charge in [-0.05, 0) is 35.6 Å². The standard InChI is InChI=1S/C15H17ClN2O/c16-14-4-1-11(2-5-14)3-6-15(19)18-9-12-7-17-8-13(12)10-18/h1-6,12-13,17H,7-10H2/b6-3+/t12-,13+. The van der Waals surface area contributed by atoms with Gasteiger partial charge in [0.2, 0.25) is 5.91 Å². The molecule has 2 aliphatic rings. The third-order valence-electron chi connectivity index (χ3n) is 3.99. The van der Waals surface area contributed by atoms with Crippen molar-refractivity contribution < 1.29 is 4.79 Å². The normalized spacial score (nSPS) is 26.1. The predicted molar refractivity (Wildman–Crippen MR) is 76.9 cm³/mol. The van der Waals surface area contributed by atoms with Gasteiger partial charge >= 0.3 is 0 Å². The Balaban J connectivity index is 1.61. The van der Waals surface area contributed by atoms with E-state index in [-0.39, 0.29) is 5.91 Å². The van der Waals surface area contributed by atoms with E-state index < -0.39 is 0 Å². The molecule has 0 radical (unpaired) electrons. The Kier molecular flexibility index (Phi) is 3.58. The highest BCUT2D eigenvalue weighted by Gasteiger charge is 2.37. The number of hydrogen-bond acceptors (Lipinski definition) is 2. The number of nitrogens with zero attached hydrogens (tertiary/aromatic N) is 1. The van der Waals surface area contributed by atoms with E-state index in [0.29, 0.717) is 16.9 Å². The van der Waals surface area contributed by atoms with Crippen LogP contribution in [0, 0.1) is 11.8 Å². The van der Waals surface area contributed by atoms with Crippen LogP contribution in [0.15, 0.2) is 30.3 Å². The molecule has 0 spiro atoms. The van der Waals surface area contributed by atoms with Gasteiger partial charge in [0.25, 0.3) is 0 Å². The lowest BCUT2D eigenvalue weighted by Gasteiger charge is -2.14. The van der Waals surface area contributed by atoms with Crippen molar-refractivity contribution >= 4 is 23.6 Å². The lowest BCUT2D eigenvalue weighted by atomic mass is 10.0. The number of nitrogens with one attached hydrogen (secondary N) is 1. The molecule has 0 bridgehead atoms. The van der Waals surface area contributed by atoms with E-state index in [0.717, 1.165) is 31.7 Å². The molecule has 3 nitrogen and oxygen atoms in total. The number of fused-ring (bicyclic) bond motifs is 1. The maximum absolute atomic E-state index is 12.1. The molecular weight excluding hydrogens is 260 g/mol. The number of rotatable bonds is 2. The number of carbonyl (C=O) groups is 1. The van der Waals surface area contributed by atoms with E-state index in [4.69, 9.17) is 11.6 Å². The van der Waals surface area contributed by atoms with E-state index in [1.807, 2.05) is 35.2 Å². The van der Waals surface area contributed by atoms with Crippen molar-refractivity contribution in [1.82, 2.24) is 10.2 Å². The molecule has 2 heterocycles. The Morgan fingerprint density at radius 3 is 2.47 bits per heavy atom. The average molecular weight is 277 g/mol. The van der Waals surface area contributed by atoms with E-state index in [1.54, 1.807) is 6.08 Å². The molecule has 1 aromatic rings. The van der Waals surface area contributed by atoms with Gasteiger partial charge in [-0.25, -0.2) is 0 Å². The molecule has 0 saturated carbocycles. The first-order valence-electron chi connectivity index (χ1n) is 6.65. The Labute approximate surface area is 118 Å². The van der Waals surface area contributed by atoms with Gasteiger partial charge in [-0.15, -0.1) is 0 Å². The number of halogens is 1. The van der Waals surface area contributed by atoms with Crippen LogP contribution in [0.3, 0.4) is 0 Å². The molecule has 1 amide bonds. The molecule has 2 aliphatic heterocycles. The first kappa shape index (κ1) is 12.7. The maximum atomic E-state index is 12.1. The number of amides is 1. The molecule has 4 heteroatoms. The van der Waals surface area contributed by atoms with Crippen LogP contribution in [0.4, 0.5) is 0 Å². The number of benzene rings is 1. The minimum Gasteiger partial charge on any atom is -0.338 e. The Bertz CT molecular complexity index is 485. The summed E-state index contributed by atoms with van der Waals surface area (Å²) in [5, 5.41) is 4.09. The fourth-order valence-electron chi connectivity index (χ4n) is 2.88. The Hall–Kier alpha value is -1.32. The quantitative estimate of drug-likeness (QED) is 0.839. The zero-order valence-electron chi connectivity index (χ0n) is 10.7. The summed E-state index contributed by atoms with van der Waals surface area (Å²) in [4.78, 5) is 14.1. The van der Waals surface area contributed by atoms with Crippen molar-refractivity contribution in [3.63, 3.8) is 0 Å². The van der Waals surface area contributed by atoms with Crippen LogP contribution < -0.4 is 5.32 Å². The van der Waals surface area contributed by atoms with Gasteiger partial charge in [0, 0.05) is 37.3 Å². The molecule has 0 unspecified atom stereocenters. The van der Waals surface area contributed by atoms with E-state index in [2.05, 4.69) is 5.32 Å². The molecular formula is C15H17ClN2O. The van der Waals surface area contributed by atoms with Gasteiger partial charge in [0.15, 0.2) is 0 Å². The number of likely N-dealkylation sites (tertiary alicyclic amines) is 1. The molecule has 0 aliphatic carbocycles. The lowest BCUT2D eigenvalue weighted by molar-refractivity contribution is -0.125. The van der Waals surface area contributed by atoms with Crippen molar-refractivity contribution in [3.8, 4) is 0 Å². The van der Waals surface area contributed by atoms with Gasteiger partial charge in [0.1, 0.15) is 0 Å². The summed E-state index contributed by atoms with van der Waals surface area (Å²) in [6.45, 7) is 3.88. The zero-order valence-corrected chi connectivity index (χ0v) is 11.4. The van der Waals surface area contributed by atoms with Crippen molar-refractivity contribution in [3.05, 3.63) is 40.9 Å². The highest BCUT2D eigenvalue weighted by molar-refractivity contribution is 6.30. The topological polar surface area (TPSA) is 32.3 Å². The molecule has 2 saturated heterocycles. The fraction of sp³-hybridized carbons (Fsp3) is 0.400. The van der Waals surface area contributed by atoms with Crippen LogP contribution >= 0.6 is 11.6 Å². The van der Waals surface area contributed by atoms with Crippen LogP contribution in [-0.2, 0) is 4.79 Å². The van der Waals surface area contributed by atoms with E-state index in [9.17, 15) is 4.79 Å². The average Bonchev–Trinajstić information content (AvgIpc) is 2.98. The fourth-order valence-corrected chi connectivity index (χ4v) is 3.01. The van der Waals surface area contributed by atoms with E-state index >= 15 is 0 Å². The van der Waals surface area contributed by atoms with Gasteiger partial charge < -0.3 is 10.2 Å². The largest absolute Gasteiger partial charge is 0.338 e. The molecule has 2 fully saturated rings. The van der Waals surface area contributed by atoms with Gasteiger partial charge in [-0.2, -0.15) is 0 Å². The molecule has 3 rings (SSSR count). The van der Waals surface area contributed by atoms with Crippen molar-refractivity contribution in [2.45, 2.75) is 0 Å². The zero-order chi connectivity index (χ0) is 13.2. The summed E-state index contributed by atoms with van der Waals surface area (Å²) < 4.78 is 0. The van der Waals surface area contributed by atoms with Crippen molar-refractivity contribution in [2.24, 2.45) is 11.8 Å². The third kappa shape index (κ3) is 2.82. The second-order valence-electron chi connectivity index (χ2n) is 5.31. The first-order chi connectivity index (χ1) is 9.22. The van der Waals surface area contributed by atoms with Gasteiger partial charge in [-0.1, -0.05) is 23.7 Å². The summed E-state index contributed by atoms with van der Waals surface area (Å²) in [5.41, 5.74) is 0.999. The van der Waals surface area contributed by atoms with E-state index in [1.165, 1.54) is 0 Å². The van der Waals surface area contributed by atoms with Crippen molar-refractivity contribution in [1.29, 1.82) is 0 Å². The van der Waals surface area contributed by atoms with Crippen LogP contribution in [0.25, 0.3) is 6.08 Å². The predicted octanol–water partition coefficient (Wildman–Crippen LogP) is 2.03. The summed E-state index contributed by atoms with van der Waals surface area (Å²) in [6, 6.07) is 7.48. The van der Waals surface area contributed by atoms with Crippen molar-refractivity contribution in [2.75, 3.05) is 26.2 Å². The molecule has 19 heavy (non-hydrogen) atoms. The highest BCUT2D eigenvalue weighted by Crippen LogP contribution is 2.26.